The predicted molar refractivity (Wildman–Crippen MR) is 241 cm³/mol. The zero-order valence-corrected chi connectivity index (χ0v) is 31.2. The average molecular weight is 732 g/mol. The van der Waals surface area contributed by atoms with Crippen molar-refractivity contribution in [3.8, 4) is 39.6 Å². The van der Waals surface area contributed by atoms with Gasteiger partial charge in [0.2, 0.25) is 5.95 Å². The van der Waals surface area contributed by atoms with Gasteiger partial charge in [0.05, 0.1) is 22.4 Å². The van der Waals surface area contributed by atoms with Crippen molar-refractivity contribution in [1.82, 2.24) is 14.5 Å². The summed E-state index contributed by atoms with van der Waals surface area (Å²) in [5.41, 5.74) is 10.2. The van der Waals surface area contributed by atoms with Gasteiger partial charge in [-0.1, -0.05) is 165 Å². The molecule has 0 aliphatic carbocycles. The minimum Gasteiger partial charge on any atom is -0.277 e. The van der Waals surface area contributed by atoms with Gasteiger partial charge in [-0.25, -0.2) is 9.97 Å². The van der Waals surface area contributed by atoms with Crippen molar-refractivity contribution in [1.29, 1.82) is 0 Å². The van der Waals surface area contributed by atoms with Crippen LogP contribution in [0.4, 0.5) is 0 Å². The Morgan fingerprint density at radius 2 is 1.07 bits per heavy atom. The third kappa shape index (κ3) is 4.83. The van der Waals surface area contributed by atoms with Crippen LogP contribution in [0.15, 0.2) is 177 Å². The third-order valence-corrected chi connectivity index (χ3v) is 12.3. The van der Waals surface area contributed by atoms with E-state index in [0.717, 1.165) is 77.3 Å². The molecule has 0 radical (unpaired) electrons. The molecule has 3 heterocycles. The van der Waals surface area contributed by atoms with Gasteiger partial charge in [0, 0.05) is 53.0 Å². The molecule has 0 bridgehead atoms. The maximum absolute atomic E-state index is 5.44. The molecule has 0 aliphatic rings. The third-order valence-electron chi connectivity index (χ3n) is 11.2. The number of thiophene rings is 1. The van der Waals surface area contributed by atoms with Gasteiger partial charge in [-0.2, -0.15) is 0 Å². The summed E-state index contributed by atoms with van der Waals surface area (Å²) in [6.07, 6.45) is 3.94. The molecule has 262 valence electrons. The van der Waals surface area contributed by atoms with Gasteiger partial charge in [0.15, 0.2) is 0 Å². The highest BCUT2D eigenvalue weighted by Gasteiger charge is 2.25. The van der Waals surface area contributed by atoms with E-state index in [1.54, 1.807) is 0 Å². The monoisotopic (exact) mass is 731 g/mol. The van der Waals surface area contributed by atoms with Crippen LogP contribution in [0, 0.1) is 0 Å². The maximum Gasteiger partial charge on any atom is 0.235 e. The van der Waals surface area contributed by atoms with Gasteiger partial charge in [-0.3, -0.25) is 4.57 Å². The quantitative estimate of drug-likeness (QED) is 0.170. The second-order valence-corrected chi connectivity index (χ2v) is 15.3. The van der Waals surface area contributed by atoms with E-state index < -0.39 is 0 Å². The molecule has 0 spiro atoms. The molecule has 3 nitrogen and oxygen atoms in total. The maximum atomic E-state index is 5.44. The fourth-order valence-electron chi connectivity index (χ4n) is 8.70. The van der Waals surface area contributed by atoms with E-state index in [1.165, 1.54) is 30.9 Å². The lowest BCUT2D eigenvalue weighted by Crippen LogP contribution is -2.05. The number of aromatic nitrogens is 3. The topological polar surface area (TPSA) is 30.7 Å². The van der Waals surface area contributed by atoms with Crippen LogP contribution in [-0.4, -0.2) is 14.5 Å². The smallest absolute Gasteiger partial charge is 0.235 e. The summed E-state index contributed by atoms with van der Waals surface area (Å²) >= 11 is 1.85. The van der Waals surface area contributed by atoms with Crippen molar-refractivity contribution in [3.05, 3.63) is 188 Å². The molecule has 11 rings (SSSR count). The Hall–Kier alpha value is -7.14. The van der Waals surface area contributed by atoms with E-state index in [-0.39, 0.29) is 0 Å². The standard InChI is InChI=1S/C52H33N3S/c1-3-36-37(4-2)49-42-25-15-24-39(35-27-28-46-43(30-35)48-38-21-12-11-16-32(38)26-29-47(48)56-46)50(42)55(51(49)41-23-14-13-22-40(36)41)52-53-44(33-17-7-5-8-18-33)31-45(54-52)34-19-9-6-10-20-34/h3-31H,1-2H2. The average Bonchev–Trinajstić information content (AvgIpc) is 3.83. The first-order chi connectivity index (χ1) is 27.7. The fourth-order valence-corrected chi connectivity index (χ4v) is 9.80. The summed E-state index contributed by atoms with van der Waals surface area (Å²) in [6, 6.07) is 58.3. The van der Waals surface area contributed by atoms with E-state index in [1.807, 2.05) is 35.6 Å². The first-order valence-corrected chi connectivity index (χ1v) is 19.6. The summed E-state index contributed by atoms with van der Waals surface area (Å²) in [4.78, 5) is 10.9. The number of rotatable bonds is 6. The Bertz CT molecular complexity index is 3330. The lowest BCUT2D eigenvalue weighted by molar-refractivity contribution is 0.998. The van der Waals surface area contributed by atoms with Crippen LogP contribution in [0.3, 0.4) is 0 Å². The summed E-state index contributed by atoms with van der Waals surface area (Å²) in [5, 5.41) is 9.52. The Labute approximate surface area is 327 Å². The molecule has 0 atom stereocenters. The number of para-hydroxylation sites is 1. The van der Waals surface area contributed by atoms with Gasteiger partial charge < -0.3 is 0 Å². The van der Waals surface area contributed by atoms with Gasteiger partial charge in [-0.05, 0) is 57.1 Å². The van der Waals surface area contributed by atoms with E-state index in [2.05, 4.69) is 169 Å². The molecule has 4 heteroatoms. The largest absolute Gasteiger partial charge is 0.277 e. The number of nitrogens with zero attached hydrogens (tertiary/aromatic N) is 3. The van der Waals surface area contributed by atoms with Crippen molar-refractivity contribution in [2.24, 2.45) is 0 Å². The molecule has 8 aromatic carbocycles. The minimum atomic E-state index is 0.609. The highest BCUT2D eigenvalue weighted by Crippen LogP contribution is 2.46. The SMILES string of the molecule is C=Cc1c(C=C)c2c3cccc(-c4ccc5sc6ccc7ccccc7c6c5c4)c3n(-c3nc(-c4ccccc4)cc(-c4ccccc4)n3)c2c2ccccc12. The number of benzene rings is 8. The van der Waals surface area contributed by atoms with Crippen LogP contribution in [0.25, 0.3) is 115 Å². The molecule has 0 unspecified atom stereocenters. The first kappa shape index (κ1) is 32.3. The van der Waals surface area contributed by atoms with Crippen molar-refractivity contribution >= 4 is 87.0 Å². The Balaban J connectivity index is 1.32. The first-order valence-electron chi connectivity index (χ1n) is 18.8. The molecule has 0 saturated carbocycles. The highest BCUT2D eigenvalue weighted by molar-refractivity contribution is 7.26. The normalized spacial score (nSPS) is 11.7. The number of hydrogen-bond acceptors (Lipinski definition) is 3. The van der Waals surface area contributed by atoms with Crippen molar-refractivity contribution in [2.45, 2.75) is 0 Å². The minimum absolute atomic E-state index is 0.609. The molecule has 11 aromatic rings. The zero-order chi connectivity index (χ0) is 37.3. The molecule has 0 fully saturated rings. The number of fused-ring (bicyclic) bond motifs is 10. The van der Waals surface area contributed by atoms with Gasteiger partial charge >= 0.3 is 0 Å². The second kappa shape index (κ2) is 12.7. The second-order valence-electron chi connectivity index (χ2n) is 14.2. The van der Waals surface area contributed by atoms with Crippen LogP contribution >= 0.6 is 11.3 Å². The van der Waals surface area contributed by atoms with E-state index in [9.17, 15) is 0 Å². The molecule has 0 N–H and O–H groups in total. The molecule has 3 aromatic heterocycles. The molecular weight excluding hydrogens is 699 g/mol. The Morgan fingerprint density at radius 1 is 0.446 bits per heavy atom. The Kier molecular flexibility index (Phi) is 7.34. The van der Waals surface area contributed by atoms with Crippen LogP contribution in [-0.2, 0) is 0 Å². The van der Waals surface area contributed by atoms with Crippen LogP contribution in [0.1, 0.15) is 11.1 Å². The van der Waals surface area contributed by atoms with Crippen molar-refractivity contribution in [3.63, 3.8) is 0 Å². The van der Waals surface area contributed by atoms with E-state index in [0.29, 0.717) is 5.95 Å². The molecule has 0 saturated heterocycles. The van der Waals surface area contributed by atoms with Gasteiger partial charge in [-0.15, -0.1) is 11.3 Å². The lowest BCUT2D eigenvalue weighted by atomic mass is 9.93. The van der Waals surface area contributed by atoms with Crippen LogP contribution in [0.5, 0.6) is 0 Å². The molecule has 0 aliphatic heterocycles. The van der Waals surface area contributed by atoms with E-state index in [4.69, 9.17) is 9.97 Å². The summed E-state index contributed by atoms with van der Waals surface area (Å²) in [7, 11) is 0. The number of hydrogen-bond donors (Lipinski definition) is 0. The zero-order valence-electron chi connectivity index (χ0n) is 30.4. The summed E-state index contributed by atoms with van der Waals surface area (Å²) < 4.78 is 4.88. The Morgan fingerprint density at radius 3 is 1.79 bits per heavy atom. The summed E-state index contributed by atoms with van der Waals surface area (Å²) in [6.45, 7) is 8.66. The van der Waals surface area contributed by atoms with Gasteiger partial charge in [0.25, 0.3) is 0 Å². The van der Waals surface area contributed by atoms with Crippen molar-refractivity contribution < 1.29 is 0 Å². The van der Waals surface area contributed by atoms with E-state index >= 15 is 0 Å². The van der Waals surface area contributed by atoms with Crippen molar-refractivity contribution in [2.75, 3.05) is 0 Å². The molecule has 56 heavy (non-hydrogen) atoms. The van der Waals surface area contributed by atoms with Crippen LogP contribution < -0.4 is 0 Å². The van der Waals surface area contributed by atoms with Gasteiger partial charge in [0.1, 0.15) is 0 Å². The molecule has 0 amide bonds. The molecular formula is C52H33N3S. The fraction of sp³-hybridized carbons (Fsp3) is 0. The lowest BCUT2D eigenvalue weighted by Gasteiger charge is -2.15. The summed E-state index contributed by atoms with van der Waals surface area (Å²) in [5.74, 6) is 0.609. The highest BCUT2D eigenvalue weighted by atomic mass is 32.1. The van der Waals surface area contributed by atoms with Crippen LogP contribution in [0.2, 0.25) is 0 Å². The predicted octanol–water partition coefficient (Wildman–Crippen LogP) is 14.5.